The summed E-state index contributed by atoms with van der Waals surface area (Å²) in [5.41, 5.74) is 0. The summed E-state index contributed by atoms with van der Waals surface area (Å²) in [4.78, 5) is 33.3. The van der Waals surface area contributed by atoms with Crippen LogP contribution < -0.4 is 0 Å². The molecule has 0 aromatic rings. The summed E-state index contributed by atoms with van der Waals surface area (Å²) in [6, 6.07) is 0.589. The number of carboxylic acid groups (broad SMARTS) is 2. The van der Waals surface area contributed by atoms with Crippen LogP contribution >= 0.6 is 0 Å². The number of amides is 1. The van der Waals surface area contributed by atoms with Gasteiger partial charge in [0.15, 0.2) is 0 Å². The van der Waals surface area contributed by atoms with Crippen LogP contribution in [0.3, 0.4) is 0 Å². The van der Waals surface area contributed by atoms with Gasteiger partial charge >= 0.3 is 11.9 Å². The predicted molar refractivity (Wildman–Crippen MR) is 96.3 cm³/mol. The first-order valence-electron chi connectivity index (χ1n) is 9.50. The Kier molecular flexibility index (Phi) is 5.67. The van der Waals surface area contributed by atoms with E-state index in [0.717, 1.165) is 51.7 Å². The van der Waals surface area contributed by atoms with E-state index in [0.29, 0.717) is 30.0 Å². The molecule has 0 bridgehead atoms. The fourth-order valence-electron chi connectivity index (χ4n) is 5.39. The van der Waals surface area contributed by atoms with Crippen LogP contribution in [0, 0.1) is 17.0 Å². The van der Waals surface area contributed by atoms with Crippen LogP contribution in [0.4, 0.5) is 0 Å². The van der Waals surface area contributed by atoms with Crippen LogP contribution in [0.1, 0.15) is 32.1 Å². The lowest BCUT2D eigenvalue weighted by Gasteiger charge is -2.64. The Morgan fingerprint density at radius 2 is 1.78 bits per heavy atom. The SMILES string of the molecule is O=C(O)/C=C/C(=O)O.O=C1C=CC[C@@H]2[C@H]3CCC[N+]4([O-])CCC[C@@H](CN12)[C@@H]34. The van der Waals surface area contributed by atoms with Crippen molar-refractivity contribution in [3.8, 4) is 0 Å². The Morgan fingerprint density at radius 3 is 2.41 bits per heavy atom. The van der Waals surface area contributed by atoms with E-state index in [2.05, 4.69) is 4.90 Å². The topological polar surface area (TPSA) is 118 Å². The van der Waals surface area contributed by atoms with Gasteiger partial charge in [-0.1, -0.05) is 6.08 Å². The Hall–Kier alpha value is -2.19. The van der Waals surface area contributed by atoms with Gasteiger partial charge in [0.25, 0.3) is 0 Å². The number of nitrogens with zero attached hydrogens (tertiary/aromatic N) is 2. The first kappa shape index (κ1) is 19.6. The van der Waals surface area contributed by atoms with Crippen LogP contribution in [-0.2, 0) is 14.4 Å². The van der Waals surface area contributed by atoms with Gasteiger partial charge in [-0.25, -0.2) is 9.59 Å². The van der Waals surface area contributed by atoms with Gasteiger partial charge in [-0.15, -0.1) is 0 Å². The first-order valence-corrected chi connectivity index (χ1v) is 9.50. The predicted octanol–water partition coefficient (Wildman–Crippen LogP) is 1.37. The van der Waals surface area contributed by atoms with E-state index in [1.165, 1.54) is 0 Å². The Bertz CT molecular complexity index is 655. The first-order chi connectivity index (χ1) is 12.8. The van der Waals surface area contributed by atoms with Crippen molar-refractivity contribution in [3.05, 3.63) is 29.5 Å². The van der Waals surface area contributed by atoms with Crippen LogP contribution in [0.25, 0.3) is 0 Å². The number of fused-ring (bicyclic) bond motifs is 2. The van der Waals surface area contributed by atoms with Crippen molar-refractivity contribution < 1.29 is 29.2 Å². The average molecular weight is 378 g/mol. The number of aliphatic carboxylic acids is 2. The van der Waals surface area contributed by atoms with Crippen molar-refractivity contribution in [2.75, 3.05) is 19.6 Å². The van der Waals surface area contributed by atoms with E-state index in [4.69, 9.17) is 10.2 Å². The second kappa shape index (κ2) is 7.82. The molecule has 27 heavy (non-hydrogen) atoms. The molecule has 3 saturated heterocycles. The average Bonchev–Trinajstić information content (AvgIpc) is 2.61. The summed E-state index contributed by atoms with van der Waals surface area (Å²) >= 11 is 0. The molecule has 4 heterocycles. The molecule has 4 aliphatic rings. The summed E-state index contributed by atoms with van der Waals surface area (Å²) in [5.74, 6) is -1.45. The van der Waals surface area contributed by atoms with Crippen LogP contribution in [0.15, 0.2) is 24.3 Å². The zero-order valence-electron chi connectivity index (χ0n) is 15.2. The van der Waals surface area contributed by atoms with Gasteiger partial charge in [-0.05, 0) is 38.2 Å². The molecule has 0 aromatic heterocycles. The standard InChI is InChI=1S/C15H22N2O2.C4H4O4/c18-14-7-1-6-13-12-5-3-9-17(19)8-2-4-11(15(12)17)10-16(13)14;5-3(6)1-2-4(7)8/h1,7,11-13,15H,2-6,8-10H2;1-2H,(H,5,6)(H,7,8)/b;2-1+/t11-,12+,13+,15-,17?;/m0./s1. The summed E-state index contributed by atoms with van der Waals surface area (Å²) in [6.07, 6.45) is 10.2. The van der Waals surface area contributed by atoms with Gasteiger partial charge in [0.1, 0.15) is 0 Å². The Balaban J connectivity index is 0.000000226. The number of carboxylic acids is 2. The van der Waals surface area contributed by atoms with E-state index >= 15 is 0 Å². The number of hydrogen-bond donors (Lipinski definition) is 2. The molecule has 5 atom stereocenters. The number of carbonyl (C=O) groups excluding carboxylic acids is 1. The third-order valence-electron chi connectivity index (χ3n) is 6.27. The molecule has 0 spiro atoms. The van der Waals surface area contributed by atoms with Crippen LogP contribution in [0.5, 0.6) is 0 Å². The highest BCUT2D eigenvalue weighted by Gasteiger charge is 2.54. The van der Waals surface area contributed by atoms with Gasteiger partial charge < -0.3 is 25.0 Å². The fourth-order valence-corrected chi connectivity index (χ4v) is 5.39. The number of quaternary nitrogens is 1. The third kappa shape index (κ3) is 4.06. The molecule has 4 aliphatic heterocycles. The zero-order chi connectivity index (χ0) is 19.6. The molecule has 1 amide bonds. The van der Waals surface area contributed by atoms with Gasteiger partial charge in [0, 0.05) is 36.6 Å². The van der Waals surface area contributed by atoms with Crippen molar-refractivity contribution in [2.24, 2.45) is 11.8 Å². The van der Waals surface area contributed by atoms with Crippen LogP contribution in [0.2, 0.25) is 0 Å². The van der Waals surface area contributed by atoms with E-state index in [1.807, 2.05) is 6.08 Å². The number of hydroxylamine groups is 3. The molecule has 0 aromatic carbocycles. The highest BCUT2D eigenvalue weighted by Crippen LogP contribution is 2.47. The summed E-state index contributed by atoms with van der Waals surface area (Å²) in [6.45, 7) is 2.46. The fraction of sp³-hybridized carbons (Fsp3) is 0.632. The van der Waals surface area contributed by atoms with Gasteiger partial charge in [0.05, 0.1) is 19.1 Å². The largest absolute Gasteiger partial charge is 0.633 e. The van der Waals surface area contributed by atoms with E-state index in [9.17, 15) is 19.6 Å². The minimum Gasteiger partial charge on any atom is -0.633 e. The van der Waals surface area contributed by atoms with Crippen molar-refractivity contribution in [1.82, 2.24) is 4.90 Å². The van der Waals surface area contributed by atoms with Gasteiger partial charge in [-0.2, -0.15) is 0 Å². The summed E-state index contributed by atoms with van der Waals surface area (Å²) < 4.78 is 0.0532. The van der Waals surface area contributed by atoms with Crippen molar-refractivity contribution in [1.29, 1.82) is 0 Å². The molecular formula is C19H26N2O6. The Morgan fingerprint density at radius 1 is 1.15 bits per heavy atom. The molecule has 0 aliphatic carbocycles. The lowest BCUT2D eigenvalue weighted by molar-refractivity contribution is -0.925. The highest BCUT2D eigenvalue weighted by molar-refractivity contribution is 5.89. The van der Waals surface area contributed by atoms with Crippen molar-refractivity contribution >= 4 is 17.8 Å². The summed E-state index contributed by atoms with van der Waals surface area (Å²) in [7, 11) is 0. The normalized spacial score (nSPS) is 37.1. The zero-order valence-corrected chi connectivity index (χ0v) is 15.2. The van der Waals surface area contributed by atoms with Crippen molar-refractivity contribution in [3.63, 3.8) is 0 Å². The Labute approximate surface area is 157 Å². The lowest BCUT2D eigenvalue weighted by Crippen LogP contribution is -2.71. The molecule has 8 nitrogen and oxygen atoms in total. The molecule has 1 unspecified atom stereocenters. The molecular weight excluding hydrogens is 352 g/mol. The number of piperidine rings is 3. The number of rotatable bonds is 2. The molecule has 2 N–H and O–H groups in total. The smallest absolute Gasteiger partial charge is 0.328 e. The maximum Gasteiger partial charge on any atom is 0.328 e. The maximum absolute atomic E-state index is 13.1. The molecule has 8 heteroatoms. The quantitative estimate of drug-likeness (QED) is 0.426. The molecule has 4 rings (SSSR count). The van der Waals surface area contributed by atoms with E-state index < -0.39 is 11.9 Å². The van der Waals surface area contributed by atoms with Gasteiger partial charge in [0.2, 0.25) is 5.91 Å². The minimum atomic E-state index is -1.26. The van der Waals surface area contributed by atoms with Gasteiger partial charge in [-0.3, -0.25) is 4.79 Å². The van der Waals surface area contributed by atoms with Crippen molar-refractivity contribution in [2.45, 2.75) is 44.2 Å². The number of hydrogen-bond acceptors (Lipinski definition) is 4. The summed E-state index contributed by atoms with van der Waals surface area (Å²) in [5, 5.41) is 28.7. The molecule has 148 valence electrons. The van der Waals surface area contributed by atoms with E-state index in [1.54, 1.807) is 6.08 Å². The second-order valence-corrected chi connectivity index (χ2v) is 7.80. The molecule has 0 saturated carbocycles. The molecule has 0 radical (unpaired) electrons. The highest BCUT2D eigenvalue weighted by atomic mass is 16.5. The number of carbonyl (C=O) groups is 3. The third-order valence-corrected chi connectivity index (χ3v) is 6.27. The van der Waals surface area contributed by atoms with Crippen LogP contribution in [-0.4, -0.2) is 69.3 Å². The second-order valence-electron chi connectivity index (χ2n) is 7.80. The lowest BCUT2D eigenvalue weighted by atomic mass is 9.68. The molecule has 3 fully saturated rings. The maximum atomic E-state index is 13.1. The monoisotopic (exact) mass is 378 g/mol. The minimum absolute atomic E-state index is 0.0532. The van der Waals surface area contributed by atoms with E-state index in [-0.39, 0.29) is 16.6 Å².